The Morgan fingerprint density at radius 3 is 2.75 bits per heavy atom. The quantitative estimate of drug-likeness (QED) is 0.651. The highest BCUT2D eigenvalue weighted by Gasteiger charge is 2.18. The average molecular weight is 292 g/mol. The molecular formula is C12H16N6OS. The molecule has 20 heavy (non-hydrogen) atoms. The number of anilines is 2. The third-order valence-corrected chi connectivity index (χ3v) is 4.14. The summed E-state index contributed by atoms with van der Waals surface area (Å²) in [5.74, 6) is 7.34. The monoisotopic (exact) mass is 292 g/mol. The Bertz CT molecular complexity index is 595. The van der Waals surface area contributed by atoms with Gasteiger partial charge >= 0.3 is 0 Å². The fourth-order valence-electron chi connectivity index (χ4n) is 2.09. The lowest BCUT2D eigenvalue weighted by Gasteiger charge is -2.16. The Morgan fingerprint density at radius 2 is 2.10 bits per heavy atom. The fourth-order valence-corrected chi connectivity index (χ4v) is 2.86. The van der Waals surface area contributed by atoms with Crippen LogP contribution >= 0.6 is 11.8 Å². The summed E-state index contributed by atoms with van der Waals surface area (Å²) in [4.78, 5) is 16.2. The topological polar surface area (TPSA) is 93.1 Å². The second kappa shape index (κ2) is 5.68. The summed E-state index contributed by atoms with van der Waals surface area (Å²) in [5.41, 5.74) is 2.50. The van der Waals surface area contributed by atoms with Crippen molar-refractivity contribution in [3.8, 4) is 0 Å². The number of furan rings is 1. The van der Waals surface area contributed by atoms with Crippen molar-refractivity contribution in [3.05, 3.63) is 18.1 Å². The van der Waals surface area contributed by atoms with E-state index >= 15 is 0 Å². The van der Waals surface area contributed by atoms with Gasteiger partial charge in [-0.3, -0.25) is 5.43 Å². The van der Waals surface area contributed by atoms with Gasteiger partial charge in [0.2, 0.25) is 11.9 Å². The molecule has 3 N–H and O–H groups in total. The van der Waals surface area contributed by atoms with E-state index in [1.54, 1.807) is 6.26 Å². The standard InChI is InChI=1S/C12H16N6OS/c1-8-9(4-7-19-8)20-12-15-10(17-13)14-11(16-12)18-5-2-3-6-18/h4,7H,2-3,5-6,13H2,1H3,(H,14,15,16,17). The van der Waals surface area contributed by atoms with Crippen LogP contribution in [0, 0.1) is 6.92 Å². The van der Waals surface area contributed by atoms with Crippen LogP contribution in [0.4, 0.5) is 11.9 Å². The Balaban J connectivity index is 1.89. The van der Waals surface area contributed by atoms with Crippen molar-refractivity contribution < 1.29 is 4.42 Å². The van der Waals surface area contributed by atoms with Crippen molar-refractivity contribution in [2.24, 2.45) is 5.84 Å². The van der Waals surface area contributed by atoms with Crippen LogP contribution in [0.25, 0.3) is 0 Å². The number of hydrogen-bond donors (Lipinski definition) is 2. The molecule has 0 bridgehead atoms. The number of nitrogens with zero attached hydrogens (tertiary/aromatic N) is 4. The summed E-state index contributed by atoms with van der Waals surface area (Å²) in [6.07, 6.45) is 3.99. The molecule has 0 aliphatic carbocycles. The maximum atomic E-state index is 5.44. The maximum Gasteiger partial charge on any atom is 0.242 e. The van der Waals surface area contributed by atoms with Crippen LogP contribution in [0.1, 0.15) is 18.6 Å². The molecule has 3 heterocycles. The first-order valence-corrected chi connectivity index (χ1v) is 7.27. The zero-order chi connectivity index (χ0) is 13.9. The van der Waals surface area contributed by atoms with Crippen LogP contribution < -0.4 is 16.2 Å². The summed E-state index contributed by atoms with van der Waals surface area (Å²) in [6.45, 7) is 3.86. The van der Waals surface area contributed by atoms with E-state index in [1.165, 1.54) is 24.6 Å². The molecule has 106 valence electrons. The molecule has 2 aromatic rings. The highest BCUT2D eigenvalue weighted by molar-refractivity contribution is 7.99. The van der Waals surface area contributed by atoms with Gasteiger partial charge in [-0.15, -0.1) is 0 Å². The molecule has 3 rings (SSSR count). The van der Waals surface area contributed by atoms with Crippen LogP contribution in [0.2, 0.25) is 0 Å². The van der Waals surface area contributed by atoms with Gasteiger partial charge in [-0.1, -0.05) is 0 Å². The van der Waals surface area contributed by atoms with E-state index in [4.69, 9.17) is 10.3 Å². The largest absolute Gasteiger partial charge is 0.468 e. The van der Waals surface area contributed by atoms with Crippen molar-refractivity contribution in [3.63, 3.8) is 0 Å². The summed E-state index contributed by atoms with van der Waals surface area (Å²) in [6, 6.07) is 1.90. The zero-order valence-electron chi connectivity index (χ0n) is 11.2. The summed E-state index contributed by atoms with van der Waals surface area (Å²) in [5, 5.41) is 0.611. The van der Waals surface area contributed by atoms with Gasteiger partial charge < -0.3 is 9.32 Å². The maximum absolute atomic E-state index is 5.44. The average Bonchev–Trinajstić information content (AvgIpc) is 3.11. The Kier molecular flexibility index (Phi) is 3.75. The van der Waals surface area contributed by atoms with E-state index in [-0.39, 0.29) is 0 Å². The number of rotatable bonds is 4. The number of nitrogens with two attached hydrogens (primary N) is 1. The van der Waals surface area contributed by atoms with Gasteiger partial charge in [0.15, 0.2) is 5.16 Å². The van der Waals surface area contributed by atoms with Crippen LogP contribution in [-0.4, -0.2) is 28.0 Å². The van der Waals surface area contributed by atoms with Crippen LogP contribution in [-0.2, 0) is 0 Å². The van der Waals surface area contributed by atoms with E-state index in [0.717, 1.165) is 23.7 Å². The molecule has 0 spiro atoms. The summed E-state index contributed by atoms with van der Waals surface area (Å²) < 4.78 is 5.28. The lowest BCUT2D eigenvalue weighted by molar-refractivity contribution is 0.527. The zero-order valence-corrected chi connectivity index (χ0v) is 12.0. The minimum absolute atomic E-state index is 0.380. The van der Waals surface area contributed by atoms with E-state index in [9.17, 15) is 0 Å². The second-order valence-electron chi connectivity index (χ2n) is 4.52. The number of aromatic nitrogens is 3. The Labute approximate surface area is 121 Å². The second-order valence-corrected chi connectivity index (χ2v) is 5.53. The highest BCUT2D eigenvalue weighted by atomic mass is 32.2. The number of nitrogen functional groups attached to an aromatic ring is 1. The molecule has 1 aliphatic rings. The van der Waals surface area contributed by atoms with E-state index < -0.39 is 0 Å². The lowest BCUT2D eigenvalue weighted by Crippen LogP contribution is -2.22. The minimum atomic E-state index is 0.380. The molecule has 0 atom stereocenters. The third kappa shape index (κ3) is 2.70. The Morgan fingerprint density at radius 1 is 1.30 bits per heavy atom. The normalized spacial score (nSPS) is 14.8. The van der Waals surface area contributed by atoms with E-state index in [1.807, 2.05) is 13.0 Å². The van der Waals surface area contributed by atoms with Crippen molar-refractivity contribution in [1.29, 1.82) is 0 Å². The van der Waals surface area contributed by atoms with Gasteiger partial charge in [-0.05, 0) is 37.6 Å². The van der Waals surface area contributed by atoms with Crippen molar-refractivity contribution >= 4 is 23.7 Å². The molecule has 2 aromatic heterocycles. The van der Waals surface area contributed by atoms with Gasteiger partial charge in [0.25, 0.3) is 0 Å². The first-order chi connectivity index (χ1) is 9.76. The first-order valence-electron chi connectivity index (χ1n) is 6.46. The van der Waals surface area contributed by atoms with Gasteiger partial charge in [-0.25, -0.2) is 5.84 Å². The lowest BCUT2D eigenvalue weighted by atomic mass is 10.4. The van der Waals surface area contributed by atoms with Crippen molar-refractivity contribution in [1.82, 2.24) is 15.0 Å². The number of nitrogens with one attached hydrogen (secondary N) is 1. The number of hydrazine groups is 1. The van der Waals surface area contributed by atoms with Crippen molar-refractivity contribution in [2.45, 2.75) is 29.8 Å². The van der Waals surface area contributed by atoms with Gasteiger partial charge in [0, 0.05) is 13.1 Å². The minimum Gasteiger partial charge on any atom is -0.468 e. The van der Waals surface area contributed by atoms with Gasteiger partial charge in [0.05, 0.1) is 11.2 Å². The molecule has 8 heteroatoms. The molecule has 0 radical (unpaired) electrons. The molecule has 0 amide bonds. The highest BCUT2D eigenvalue weighted by Crippen LogP contribution is 2.30. The molecule has 1 fully saturated rings. The van der Waals surface area contributed by atoms with Gasteiger partial charge in [-0.2, -0.15) is 15.0 Å². The van der Waals surface area contributed by atoms with Crippen LogP contribution in [0.3, 0.4) is 0 Å². The van der Waals surface area contributed by atoms with Crippen LogP contribution in [0.5, 0.6) is 0 Å². The smallest absolute Gasteiger partial charge is 0.242 e. The molecule has 7 nitrogen and oxygen atoms in total. The summed E-state index contributed by atoms with van der Waals surface area (Å²) >= 11 is 1.45. The number of aryl methyl sites for hydroxylation is 1. The molecule has 0 unspecified atom stereocenters. The predicted octanol–water partition coefficient (Wildman–Crippen LogP) is 1.81. The van der Waals surface area contributed by atoms with Gasteiger partial charge in [0.1, 0.15) is 5.76 Å². The Hall–Kier alpha value is -1.80. The molecule has 1 saturated heterocycles. The SMILES string of the molecule is Cc1occc1Sc1nc(NN)nc(N2CCCC2)n1. The summed E-state index contributed by atoms with van der Waals surface area (Å²) in [7, 11) is 0. The molecule has 1 aliphatic heterocycles. The van der Waals surface area contributed by atoms with Crippen molar-refractivity contribution in [2.75, 3.05) is 23.4 Å². The van der Waals surface area contributed by atoms with Crippen LogP contribution in [0.15, 0.2) is 26.8 Å². The predicted molar refractivity (Wildman–Crippen MR) is 76.7 cm³/mol. The molecule has 0 saturated carbocycles. The molecular weight excluding hydrogens is 276 g/mol. The first kappa shape index (κ1) is 13.2. The third-order valence-electron chi connectivity index (χ3n) is 3.13. The fraction of sp³-hybridized carbons (Fsp3) is 0.417. The molecule has 0 aromatic carbocycles. The van der Waals surface area contributed by atoms with E-state index in [2.05, 4.69) is 25.3 Å². The number of hydrogen-bond acceptors (Lipinski definition) is 8. The van der Waals surface area contributed by atoms with E-state index in [0.29, 0.717) is 17.1 Å².